The van der Waals surface area contributed by atoms with Crippen molar-refractivity contribution in [2.75, 3.05) is 5.32 Å². The van der Waals surface area contributed by atoms with E-state index in [1.54, 1.807) is 18.3 Å². The van der Waals surface area contributed by atoms with Crippen LogP contribution in [-0.4, -0.2) is 19.9 Å². The molecule has 0 fully saturated rings. The molecule has 0 aliphatic heterocycles. The minimum atomic E-state index is -0.152. The molecule has 7 heteroatoms. The fourth-order valence-electron chi connectivity index (χ4n) is 2.03. The van der Waals surface area contributed by atoms with E-state index < -0.39 is 0 Å². The standard InChI is InChI=1S/C16H15ClN6/c1-10(18)14-7-11(5-6-19-14)15-20-9-21-16(23-15)22-13-4-2-3-12(17)8-13/h2-10H,18H2,1H3,(H,20,21,22,23). The third-order valence-electron chi connectivity index (χ3n) is 3.16. The first-order valence-corrected chi connectivity index (χ1v) is 7.43. The number of anilines is 2. The van der Waals surface area contributed by atoms with E-state index in [0.29, 0.717) is 16.8 Å². The molecule has 2 aromatic heterocycles. The fourth-order valence-corrected chi connectivity index (χ4v) is 2.22. The Hall–Kier alpha value is -2.57. The lowest BCUT2D eigenvalue weighted by atomic mass is 10.1. The van der Waals surface area contributed by atoms with Crippen molar-refractivity contribution in [3.05, 3.63) is 59.6 Å². The maximum Gasteiger partial charge on any atom is 0.230 e. The monoisotopic (exact) mass is 326 g/mol. The molecule has 1 unspecified atom stereocenters. The highest BCUT2D eigenvalue weighted by molar-refractivity contribution is 6.30. The van der Waals surface area contributed by atoms with Gasteiger partial charge in [0.2, 0.25) is 5.95 Å². The van der Waals surface area contributed by atoms with Crippen LogP contribution in [-0.2, 0) is 0 Å². The van der Waals surface area contributed by atoms with E-state index in [1.165, 1.54) is 6.33 Å². The van der Waals surface area contributed by atoms with Crippen molar-refractivity contribution in [3.8, 4) is 11.4 Å². The first kappa shape index (κ1) is 15.3. The molecule has 3 N–H and O–H groups in total. The fraction of sp³-hybridized carbons (Fsp3) is 0.125. The van der Waals surface area contributed by atoms with Gasteiger partial charge in [0.1, 0.15) is 6.33 Å². The lowest BCUT2D eigenvalue weighted by Crippen LogP contribution is -2.07. The Labute approximate surface area is 138 Å². The molecule has 0 spiro atoms. The summed E-state index contributed by atoms with van der Waals surface area (Å²) in [5.74, 6) is 0.991. The summed E-state index contributed by atoms with van der Waals surface area (Å²) in [6, 6.07) is 10.9. The number of pyridine rings is 1. The molecular formula is C16H15ClN6. The van der Waals surface area contributed by atoms with Crippen LogP contribution in [0.3, 0.4) is 0 Å². The molecule has 0 bridgehead atoms. The van der Waals surface area contributed by atoms with E-state index in [9.17, 15) is 0 Å². The van der Waals surface area contributed by atoms with Crippen LogP contribution in [0.4, 0.5) is 11.6 Å². The van der Waals surface area contributed by atoms with Crippen molar-refractivity contribution >= 4 is 23.2 Å². The molecule has 1 atom stereocenters. The molecule has 3 aromatic rings. The number of halogens is 1. The first-order valence-electron chi connectivity index (χ1n) is 7.05. The highest BCUT2D eigenvalue weighted by Crippen LogP contribution is 2.21. The molecule has 0 aliphatic rings. The van der Waals surface area contributed by atoms with Crippen LogP contribution in [0.15, 0.2) is 48.9 Å². The van der Waals surface area contributed by atoms with Gasteiger partial charge in [-0.1, -0.05) is 17.7 Å². The molecule has 116 valence electrons. The molecule has 0 saturated heterocycles. The predicted molar refractivity (Wildman–Crippen MR) is 90.4 cm³/mol. The van der Waals surface area contributed by atoms with Crippen molar-refractivity contribution in [1.29, 1.82) is 0 Å². The van der Waals surface area contributed by atoms with E-state index >= 15 is 0 Å². The molecule has 0 saturated carbocycles. The molecule has 23 heavy (non-hydrogen) atoms. The Balaban J connectivity index is 1.89. The number of hydrogen-bond acceptors (Lipinski definition) is 6. The molecule has 0 aliphatic carbocycles. The van der Waals surface area contributed by atoms with Crippen LogP contribution in [0, 0.1) is 0 Å². The van der Waals surface area contributed by atoms with Gasteiger partial charge in [-0.15, -0.1) is 0 Å². The number of aromatic nitrogens is 4. The topological polar surface area (TPSA) is 89.6 Å². The first-order chi connectivity index (χ1) is 11.1. The second-order valence-electron chi connectivity index (χ2n) is 5.03. The number of hydrogen-bond donors (Lipinski definition) is 2. The summed E-state index contributed by atoms with van der Waals surface area (Å²) in [5, 5.41) is 3.74. The van der Waals surface area contributed by atoms with Crippen LogP contribution in [0.1, 0.15) is 18.7 Å². The Bertz CT molecular complexity index is 821. The summed E-state index contributed by atoms with van der Waals surface area (Å²) in [4.78, 5) is 17.0. The highest BCUT2D eigenvalue weighted by Gasteiger charge is 2.08. The van der Waals surface area contributed by atoms with Gasteiger partial charge in [-0.3, -0.25) is 4.98 Å². The van der Waals surface area contributed by atoms with Crippen molar-refractivity contribution in [2.45, 2.75) is 13.0 Å². The normalized spacial score (nSPS) is 12.0. The summed E-state index contributed by atoms with van der Waals surface area (Å²) in [7, 11) is 0. The van der Waals surface area contributed by atoms with Crippen molar-refractivity contribution in [1.82, 2.24) is 19.9 Å². The van der Waals surface area contributed by atoms with Gasteiger partial charge in [0.05, 0.1) is 5.69 Å². The molecule has 0 radical (unpaired) electrons. The zero-order valence-corrected chi connectivity index (χ0v) is 13.2. The van der Waals surface area contributed by atoms with Gasteiger partial charge in [0, 0.05) is 28.5 Å². The lowest BCUT2D eigenvalue weighted by molar-refractivity contribution is 0.781. The van der Waals surface area contributed by atoms with E-state index in [-0.39, 0.29) is 6.04 Å². The summed E-state index contributed by atoms with van der Waals surface area (Å²) in [6.07, 6.45) is 3.16. The number of nitrogens with one attached hydrogen (secondary N) is 1. The van der Waals surface area contributed by atoms with Crippen LogP contribution >= 0.6 is 11.6 Å². The van der Waals surface area contributed by atoms with Gasteiger partial charge in [0.25, 0.3) is 0 Å². The van der Waals surface area contributed by atoms with Crippen LogP contribution in [0.5, 0.6) is 0 Å². The smallest absolute Gasteiger partial charge is 0.230 e. The zero-order valence-electron chi connectivity index (χ0n) is 12.4. The quantitative estimate of drug-likeness (QED) is 0.764. The average molecular weight is 327 g/mol. The third kappa shape index (κ3) is 3.80. The zero-order chi connectivity index (χ0) is 16.2. The predicted octanol–water partition coefficient (Wildman–Crippen LogP) is 3.35. The number of rotatable bonds is 4. The van der Waals surface area contributed by atoms with Gasteiger partial charge in [-0.2, -0.15) is 4.98 Å². The summed E-state index contributed by atoms with van der Waals surface area (Å²) in [5.41, 5.74) is 8.29. The molecular weight excluding hydrogens is 312 g/mol. The minimum absolute atomic E-state index is 0.152. The number of nitrogens with two attached hydrogens (primary N) is 1. The third-order valence-corrected chi connectivity index (χ3v) is 3.39. The SMILES string of the molecule is CC(N)c1cc(-c2ncnc(Nc3cccc(Cl)c3)n2)ccn1. The van der Waals surface area contributed by atoms with Crippen LogP contribution < -0.4 is 11.1 Å². The van der Waals surface area contributed by atoms with Crippen LogP contribution in [0.2, 0.25) is 5.02 Å². The lowest BCUT2D eigenvalue weighted by Gasteiger charge is -2.08. The Morgan fingerprint density at radius 3 is 2.78 bits per heavy atom. The molecule has 0 amide bonds. The Kier molecular flexibility index (Phi) is 4.45. The summed E-state index contributed by atoms with van der Waals surface area (Å²) in [6.45, 7) is 1.88. The maximum absolute atomic E-state index is 5.97. The molecule has 2 heterocycles. The number of nitrogens with zero attached hydrogens (tertiary/aromatic N) is 4. The van der Waals surface area contributed by atoms with Crippen molar-refractivity contribution in [3.63, 3.8) is 0 Å². The number of benzene rings is 1. The van der Waals surface area contributed by atoms with Gasteiger partial charge in [-0.05, 0) is 37.3 Å². The van der Waals surface area contributed by atoms with Crippen molar-refractivity contribution < 1.29 is 0 Å². The summed E-state index contributed by atoms with van der Waals surface area (Å²) < 4.78 is 0. The molecule has 3 rings (SSSR count). The highest BCUT2D eigenvalue weighted by atomic mass is 35.5. The van der Waals surface area contributed by atoms with Crippen molar-refractivity contribution in [2.24, 2.45) is 5.73 Å². The molecule has 1 aromatic carbocycles. The Morgan fingerprint density at radius 1 is 1.13 bits per heavy atom. The van der Waals surface area contributed by atoms with Gasteiger partial charge < -0.3 is 11.1 Å². The van der Waals surface area contributed by atoms with E-state index in [4.69, 9.17) is 17.3 Å². The molecule has 6 nitrogen and oxygen atoms in total. The summed E-state index contributed by atoms with van der Waals surface area (Å²) >= 11 is 5.97. The van der Waals surface area contributed by atoms with Gasteiger partial charge in [0.15, 0.2) is 5.82 Å². The average Bonchev–Trinajstić information content (AvgIpc) is 2.55. The second kappa shape index (κ2) is 6.68. The van der Waals surface area contributed by atoms with Gasteiger partial charge in [-0.25, -0.2) is 9.97 Å². The van der Waals surface area contributed by atoms with Crippen LogP contribution in [0.25, 0.3) is 11.4 Å². The Morgan fingerprint density at radius 2 is 2.00 bits per heavy atom. The van der Waals surface area contributed by atoms with Gasteiger partial charge >= 0.3 is 0 Å². The minimum Gasteiger partial charge on any atom is -0.324 e. The maximum atomic E-state index is 5.97. The van der Waals surface area contributed by atoms with E-state index in [0.717, 1.165) is 16.9 Å². The van der Waals surface area contributed by atoms with E-state index in [1.807, 2.05) is 31.2 Å². The second-order valence-corrected chi connectivity index (χ2v) is 5.46. The van der Waals surface area contributed by atoms with E-state index in [2.05, 4.69) is 25.3 Å². The largest absolute Gasteiger partial charge is 0.324 e.